The molecule has 1 saturated heterocycles. The monoisotopic (exact) mass is 531 g/mol. The van der Waals surface area contributed by atoms with Crippen LogP contribution in [0, 0.1) is 34.5 Å². The third kappa shape index (κ3) is 3.21. The summed E-state index contributed by atoms with van der Waals surface area (Å²) in [5.41, 5.74) is -1.78. The number of halogens is 3. The van der Waals surface area contributed by atoms with Crippen molar-refractivity contribution in [1.82, 2.24) is 0 Å². The minimum absolute atomic E-state index is 0.128. The van der Waals surface area contributed by atoms with Crippen molar-refractivity contribution in [1.29, 1.82) is 0 Å². The van der Waals surface area contributed by atoms with E-state index in [1.807, 2.05) is 6.08 Å². The van der Waals surface area contributed by atoms with Crippen molar-refractivity contribution in [3.8, 4) is 0 Å². The minimum Gasteiger partial charge on any atom is -0.504 e. The number of rotatable bonds is 3. The van der Waals surface area contributed by atoms with Gasteiger partial charge in [0.1, 0.15) is 6.61 Å². The topological polar surface area (TPSA) is 87.1 Å². The molecular weight excluding hydrogens is 499 g/mol. The summed E-state index contributed by atoms with van der Waals surface area (Å²) in [5, 5.41) is 22.1. The first-order chi connectivity index (χ1) is 17.9. The summed E-state index contributed by atoms with van der Waals surface area (Å²) in [6, 6.07) is 4.73. The molecule has 0 bridgehead atoms. The Bertz CT molecular complexity index is 1260. The molecule has 5 aliphatic rings. The third-order valence-corrected chi connectivity index (χ3v) is 10.7. The molecule has 6 rings (SSSR count). The number of nitrogens with zero attached hydrogens (tertiary/aromatic N) is 1. The Morgan fingerprint density at radius 1 is 1.16 bits per heavy atom. The maximum atomic E-state index is 13.5. The van der Waals surface area contributed by atoms with Crippen LogP contribution in [-0.4, -0.2) is 40.5 Å². The van der Waals surface area contributed by atoms with Gasteiger partial charge in [-0.2, -0.15) is 13.2 Å². The number of carbonyl (C=O) groups excluding carboxylic acids is 2. The normalized spacial score (nSPS) is 40.1. The largest absolute Gasteiger partial charge is 0.504 e. The lowest BCUT2D eigenvalue weighted by atomic mass is 9.47. The molecule has 0 amide bonds. The number of aliphatic hydroxyl groups excluding tert-OH is 2. The van der Waals surface area contributed by atoms with Crippen LogP contribution in [0.25, 0.3) is 0 Å². The van der Waals surface area contributed by atoms with E-state index in [2.05, 4.69) is 13.8 Å². The van der Waals surface area contributed by atoms with Crippen molar-refractivity contribution in [3.05, 3.63) is 53.3 Å². The molecule has 1 aromatic carbocycles. The number of anilines is 1. The molecule has 0 aromatic heterocycles. The third-order valence-electron chi connectivity index (χ3n) is 10.7. The van der Waals surface area contributed by atoms with Gasteiger partial charge in [0.05, 0.1) is 17.8 Å². The molecule has 38 heavy (non-hydrogen) atoms. The SMILES string of the molecule is CC12C=CC(=O)C(O)=C1CCC1C2CCC2(C)C1CC1CN(c3ccc(C(F)(F)F)cc3)OC12C(=O)CO. The zero-order valence-corrected chi connectivity index (χ0v) is 21.4. The van der Waals surface area contributed by atoms with Crippen LogP contribution in [0.2, 0.25) is 0 Å². The van der Waals surface area contributed by atoms with Gasteiger partial charge in [-0.05, 0) is 85.8 Å². The summed E-state index contributed by atoms with van der Waals surface area (Å²) in [5.74, 6) is -0.525. The van der Waals surface area contributed by atoms with Crippen LogP contribution in [0.15, 0.2) is 47.7 Å². The molecule has 9 heteroatoms. The Labute approximate surface area is 219 Å². The van der Waals surface area contributed by atoms with Gasteiger partial charge in [0.15, 0.2) is 17.1 Å². The maximum Gasteiger partial charge on any atom is 0.416 e. The standard InChI is InChI=1S/C29H32F3NO5/c1-26-11-10-23(35)25(37)21(26)8-7-19-20(26)9-12-27(2)22(19)13-17-14-33(38-28(17,27)24(36)15-34)18-5-3-16(4-6-18)29(30,31)32/h3-6,10-11,17,19-20,22,34,37H,7-9,12-15H2,1-2H3. The van der Waals surface area contributed by atoms with Crippen molar-refractivity contribution in [2.24, 2.45) is 34.5 Å². The Morgan fingerprint density at radius 3 is 2.53 bits per heavy atom. The fourth-order valence-electron chi connectivity index (χ4n) is 8.95. The van der Waals surface area contributed by atoms with Crippen molar-refractivity contribution >= 4 is 17.3 Å². The van der Waals surface area contributed by atoms with Gasteiger partial charge in [-0.15, -0.1) is 0 Å². The number of benzene rings is 1. The number of carbonyl (C=O) groups is 2. The van der Waals surface area contributed by atoms with Crippen LogP contribution >= 0.6 is 0 Å². The zero-order valence-electron chi connectivity index (χ0n) is 21.4. The van der Waals surface area contributed by atoms with Gasteiger partial charge >= 0.3 is 6.18 Å². The number of ketones is 2. The second kappa shape index (κ2) is 8.18. The fraction of sp³-hybridized carbons (Fsp3) is 0.586. The Kier molecular flexibility index (Phi) is 5.51. The molecule has 4 aliphatic carbocycles. The highest BCUT2D eigenvalue weighted by atomic mass is 19.4. The lowest BCUT2D eigenvalue weighted by Crippen LogP contribution is -2.60. The van der Waals surface area contributed by atoms with E-state index in [4.69, 9.17) is 4.84 Å². The van der Waals surface area contributed by atoms with Crippen LogP contribution in [0.5, 0.6) is 0 Å². The molecule has 1 aromatic rings. The van der Waals surface area contributed by atoms with Crippen LogP contribution in [0.4, 0.5) is 18.9 Å². The maximum absolute atomic E-state index is 13.5. The van der Waals surface area contributed by atoms with Gasteiger partial charge in [-0.25, -0.2) is 0 Å². The Balaban J connectivity index is 1.34. The molecule has 2 N–H and O–H groups in total. The van der Waals surface area contributed by atoms with Crippen LogP contribution in [-0.2, 0) is 20.6 Å². The second-order valence-electron chi connectivity index (χ2n) is 12.1. The Morgan fingerprint density at radius 2 is 1.87 bits per heavy atom. The lowest BCUT2D eigenvalue weighted by Gasteiger charge is -2.58. The first-order valence-electron chi connectivity index (χ1n) is 13.3. The van der Waals surface area contributed by atoms with Gasteiger partial charge < -0.3 is 10.2 Å². The van der Waals surface area contributed by atoms with Gasteiger partial charge in [-0.1, -0.05) is 19.9 Å². The summed E-state index contributed by atoms with van der Waals surface area (Å²) in [6.07, 6.45) is 2.49. The van der Waals surface area contributed by atoms with E-state index < -0.39 is 34.8 Å². The molecule has 3 saturated carbocycles. The molecule has 7 unspecified atom stereocenters. The number of fused-ring (bicyclic) bond motifs is 7. The molecule has 6 nitrogen and oxygen atoms in total. The van der Waals surface area contributed by atoms with Crippen LogP contribution < -0.4 is 5.06 Å². The molecular formula is C29H32F3NO5. The predicted molar refractivity (Wildman–Crippen MR) is 132 cm³/mol. The molecule has 4 fully saturated rings. The number of allylic oxidation sites excluding steroid dienone is 3. The summed E-state index contributed by atoms with van der Waals surface area (Å²) in [4.78, 5) is 32.2. The highest BCUT2D eigenvalue weighted by Gasteiger charge is 2.74. The number of alkyl halides is 3. The average Bonchev–Trinajstić information content (AvgIpc) is 3.38. The number of Topliss-reactive ketones (excluding diaryl/α,β-unsaturated/α-hetero) is 1. The lowest BCUT2D eigenvalue weighted by molar-refractivity contribution is -0.175. The van der Waals surface area contributed by atoms with E-state index in [1.54, 1.807) is 0 Å². The van der Waals surface area contributed by atoms with E-state index >= 15 is 0 Å². The van der Waals surface area contributed by atoms with Crippen LogP contribution in [0.3, 0.4) is 0 Å². The van der Waals surface area contributed by atoms with Crippen molar-refractivity contribution in [2.45, 2.75) is 57.7 Å². The Hall–Kier alpha value is -2.65. The molecule has 7 atom stereocenters. The van der Waals surface area contributed by atoms with E-state index in [0.717, 1.165) is 30.5 Å². The van der Waals surface area contributed by atoms with E-state index in [-0.39, 0.29) is 41.0 Å². The summed E-state index contributed by atoms with van der Waals surface area (Å²) in [6.45, 7) is 3.84. The van der Waals surface area contributed by atoms with Gasteiger partial charge in [-0.3, -0.25) is 19.5 Å². The zero-order chi connectivity index (χ0) is 27.3. The van der Waals surface area contributed by atoms with Crippen LogP contribution in [0.1, 0.15) is 51.5 Å². The number of hydrogen-bond donors (Lipinski definition) is 2. The number of aliphatic hydroxyl groups is 2. The fourth-order valence-corrected chi connectivity index (χ4v) is 8.95. The second-order valence-corrected chi connectivity index (χ2v) is 12.1. The predicted octanol–water partition coefficient (Wildman–Crippen LogP) is 5.18. The highest BCUT2D eigenvalue weighted by molar-refractivity contribution is 6.04. The number of hydrogen-bond acceptors (Lipinski definition) is 6. The first kappa shape index (κ1) is 25.6. The van der Waals surface area contributed by atoms with Crippen molar-refractivity contribution < 1.29 is 37.8 Å². The van der Waals surface area contributed by atoms with Gasteiger partial charge in [0.25, 0.3) is 0 Å². The van der Waals surface area contributed by atoms with E-state index in [9.17, 15) is 33.0 Å². The molecule has 1 heterocycles. The molecule has 204 valence electrons. The smallest absolute Gasteiger partial charge is 0.416 e. The summed E-state index contributed by atoms with van der Waals surface area (Å²) in [7, 11) is 0. The van der Waals surface area contributed by atoms with Gasteiger partial charge in [0.2, 0.25) is 5.78 Å². The van der Waals surface area contributed by atoms with Crippen molar-refractivity contribution in [3.63, 3.8) is 0 Å². The molecule has 0 radical (unpaired) electrons. The van der Waals surface area contributed by atoms with Gasteiger partial charge in [0, 0.05) is 16.7 Å². The summed E-state index contributed by atoms with van der Waals surface area (Å²) < 4.78 is 39.3. The quantitative estimate of drug-likeness (QED) is 0.559. The van der Waals surface area contributed by atoms with E-state index in [0.29, 0.717) is 31.5 Å². The summed E-state index contributed by atoms with van der Waals surface area (Å²) >= 11 is 0. The molecule has 1 aliphatic heterocycles. The average molecular weight is 532 g/mol. The van der Waals surface area contributed by atoms with Crippen molar-refractivity contribution in [2.75, 3.05) is 18.2 Å². The highest BCUT2D eigenvalue weighted by Crippen LogP contribution is 2.70. The van der Waals surface area contributed by atoms with E-state index in [1.165, 1.54) is 23.3 Å². The minimum atomic E-state index is -4.45. The number of hydroxylamine groups is 1. The molecule has 0 spiro atoms. The first-order valence-corrected chi connectivity index (χ1v) is 13.3.